The number of rotatable bonds is 6. The van der Waals surface area contributed by atoms with Crippen molar-refractivity contribution in [2.75, 3.05) is 14.2 Å². The molecule has 34 heavy (non-hydrogen) atoms. The van der Waals surface area contributed by atoms with Crippen molar-refractivity contribution >= 4 is 17.4 Å². The van der Waals surface area contributed by atoms with E-state index < -0.39 is 17.7 Å². The summed E-state index contributed by atoms with van der Waals surface area (Å²) in [4.78, 5) is 32.3. The second-order valence-electron chi connectivity index (χ2n) is 8.18. The van der Waals surface area contributed by atoms with Gasteiger partial charge in [-0.05, 0) is 48.7 Å². The first-order valence-corrected chi connectivity index (χ1v) is 10.8. The van der Waals surface area contributed by atoms with Crippen LogP contribution in [0.15, 0.2) is 66.5 Å². The van der Waals surface area contributed by atoms with Crippen molar-refractivity contribution in [1.82, 2.24) is 9.88 Å². The lowest BCUT2D eigenvalue weighted by molar-refractivity contribution is -0.140. The minimum atomic E-state index is -0.830. The highest BCUT2D eigenvalue weighted by Crippen LogP contribution is 2.43. The molecule has 7 nitrogen and oxygen atoms in total. The van der Waals surface area contributed by atoms with E-state index in [1.54, 1.807) is 42.7 Å². The van der Waals surface area contributed by atoms with Gasteiger partial charge in [0.15, 0.2) is 0 Å². The Bertz CT molecular complexity index is 1260. The van der Waals surface area contributed by atoms with Gasteiger partial charge in [-0.1, -0.05) is 35.9 Å². The molecule has 1 saturated heterocycles. The van der Waals surface area contributed by atoms with Crippen molar-refractivity contribution in [2.45, 2.75) is 26.4 Å². The lowest BCUT2D eigenvalue weighted by Gasteiger charge is -2.26. The van der Waals surface area contributed by atoms with Crippen molar-refractivity contribution < 1.29 is 24.2 Å². The van der Waals surface area contributed by atoms with Gasteiger partial charge in [0.2, 0.25) is 0 Å². The van der Waals surface area contributed by atoms with Crippen LogP contribution in [0.25, 0.3) is 5.76 Å². The number of pyridine rings is 1. The number of aliphatic hydroxyl groups excluding tert-OH is 1. The number of hydrogen-bond donors (Lipinski definition) is 1. The average molecular weight is 459 g/mol. The summed E-state index contributed by atoms with van der Waals surface area (Å²) in [6, 6.07) is 13.7. The van der Waals surface area contributed by atoms with Crippen molar-refractivity contribution in [3.05, 3.63) is 94.3 Å². The Morgan fingerprint density at radius 3 is 2.35 bits per heavy atom. The van der Waals surface area contributed by atoms with E-state index in [1.807, 2.05) is 32.0 Å². The standard InChI is InChI=1S/C27H26N2O5/c1-16-10-11-17(2)19(13-16)15-29-24(18-7-6-12-28-14-18)23(26(31)27(29)32)25(30)22-20(33-3)8-5-9-21(22)34-4/h5-14,24,30H,15H2,1-4H3/b25-23+. The van der Waals surface area contributed by atoms with Gasteiger partial charge < -0.3 is 19.5 Å². The third-order valence-electron chi connectivity index (χ3n) is 6.05. The Morgan fingerprint density at radius 2 is 1.74 bits per heavy atom. The number of Topliss-reactive ketones (excluding diaryl/α,β-unsaturated/α-hetero) is 1. The first kappa shape index (κ1) is 23.0. The Hall–Kier alpha value is -4.13. The molecule has 1 atom stereocenters. The molecule has 1 aliphatic heterocycles. The van der Waals surface area contributed by atoms with Crippen LogP contribution in [0.2, 0.25) is 0 Å². The summed E-state index contributed by atoms with van der Waals surface area (Å²) in [5, 5.41) is 11.4. The summed E-state index contributed by atoms with van der Waals surface area (Å²) in [5.74, 6) is -1.18. The number of ketones is 1. The highest BCUT2D eigenvalue weighted by Gasteiger charge is 2.46. The summed E-state index contributed by atoms with van der Waals surface area (Å²) in [5.41, 5.74) is 3.77. The first-order chi connectivity index (χ1) is 16.4. The van der Waals surface area contributed by atoms with Crippen LogP contribution in [-0.2, 0) is 16.1 Å². The molecule has 1 aliphatic rings. The number of hydrogen-bond acceptors (Lipinski definition) is 6. The van der Waals surface area contributed by atoms with Crippen LogP contribution in [0, 0.1) is 13.8 Å². The molecule has 2 heterocycles. The number of ether oxygens (including phenoxy) is 2. The zero-order valence-corrected chi connectivity index (χ0v) is 19.5. The molecular weight excluding hydrogens is 432 g/mol. The van der Waals surface area contributed by atoms with Crippen LogP contribution in [0.5, 0.6) is 11.5 Å². The number of methoxy groups -OCH3 is 2. The zero-order chi connectivity index (χ0) is 24.4. The van der Waals surface area contributed by atoms with Crippen molar-refractivity contribution in [1.29, 1.82) is 0 Å². The number of amides is 1. The Morgan fingerprint density at radius 1 is 1.03 bits per heavy atom. The Labute approximate surface area is 198 Å². The predicted molar refractivity (Wildman–Crippen MR) is 128 cm³/mol. The molecule has 0 aliphatic carbocycles. The van der Waals surface area contributed by atoms with Crippen LogP contribution in [0.1, 0.15) is 33.9 Å². The average Bonchev–Trinajstić information content (AvgIpc) is 3.10. The van der Waals surface area contributed by atoms with E-state index >= 15 is 0 Å². The Balaban J connectivity index is 1.93. The maximum Gasteiger partial charge on any atom is 0.295 e. The van der Waals surface area contributed by atoms with Crippen molar-refractivity contribution in [2.24, 2.45) is 0 Å². The first-order valence-electron chi connectivity index (χ1n) is 10.8. The molecule has 0 radical (unpaired) electrons. The molecule has 0 bridgehead atoms. The third-order valence-corrected chi connectivity index (χ3v) is 6.05. The number of nitrogens with zero attached hydrogens (tertiary/aromatic N) is 2. The molecule has 0 saturated carbocycles. The second-order valence-corrected chi connectivity index (χ2v) is 8.18. The smallest absolute Gasteiger partial charge is 0.295 e. The summed E-state index contributed by atoms with van der Waals surface area (Å²) in [6.45, 7) is 4.14. The summed E-state index contributed by atoms with van der Waals surface area (Å²) >= 11 is 0. The maximum atomic E-state index is 13.3. The van der Waals surface area contributed by atoms with Crippen LogP contribution < -0.4 is 9.47 Å². The van der Waals surface area contributed by atoms with Crippen molar-refractivity contribution in [3.8, 4) is 11.5 Å². The molecule has 0 spiro atoms. The van der Waals surface area contributed by atoms with Crippen LogP contribution >= 0.6 is 0 Å². The number of carbonyl (C=O) groups excluding carboxylic acids is 2. The number of benzene rings is 2. The van der Waals surface area contributed by atoms with Gasteiger partial charge >= 0.3 is 0 Å². The molecule has 2 aromatic carbocycles. The van der Waals surface area contributed by atoms with Gasteiger partial charge in [0.05, 0.1) is 25.8 Å². The van der Waals surface area contributed by atoms with Gasteiger partial charge in [-0.3, -0.25) is 14.6 Å². The summed E-state index contributed by atoms with van der Waals surface area (Å²) in [6.07, 6.45) is 3.21. The quantitative estimate of drug-likeness (QED) is 0.336. The molecule has 1 fully saturated rings. The molecule has 1 aromatic heterocycles. The number of aryl methyl sites for hydroxylation is 2. The largest absolute Gasteiger partial charge is 0.506 e. The molecule has 4 rings (SSSR count). The molecule has 174 valence electrons. The molecule has 1 N–H and O–H groups in total. The topological polar surface area (TPSA) is 89.0 Å². The lowest BCUT2D eigenvalue weighted by atomic mass is 9.95. The highest BCUT2D eigenvalue weighted by molar-refractivity contribution is 6.46. The van der Waals surface area contributed by atoms with E-state index in [9.17, 15) is 14.7 Å². The zero-order valence-electron chi connectivity index (χ0n) is 19.5. The summed E-state index contributed by atoms with van der Waals surface area (Å²) in [7, 11) is 2.92. The van der Waals surface area contributed by atoms with Crippen LogP contribution in [0.3, 0.4) is 0 Å². The SMILES string of the molecule is COc1cccc(OC)c1/C(O)=C1\C(=O)C(=O)N(Cc2cc(C)ccc2C)C1c1cccnc1. The van der Waals surface area contributed by atoms with Gasteiger partial charge in [-0.15, -0.1) is 0 Å². The second kappa shape index (κ2) is 9.39. The third kappa shape index (κ3) is 4.01. The molecule has 1 amide bonds. The minimum absolute atomic E-state index is 0.0360. The molecule has 7 heteroatoms. The monoisotopic (exact) mass is 458 g/mol. The number of aromatic nitrogens is 1. The van der Waals surface area contributed by atoms with E-state index in [-0.39, 0.29) is 23.4 Å². The molecule has 3 aromatic rings. The van der Waals surface area contributed by atoms with E-state index in [0.29, 0.717) is 17.1 Å². The molecule has 1 unspecified atom stereocenters. The molecular formula is C27H26N2O5. The number of likely N-dealkylation sites (tertiary alicyclic amines) is 1. The van der Waals surface area contributed by atoms with E-state index in [1.165, 1.54) is 19.1 Å². The fourth-order valence-corrected chi connectivity index (χ4v) is 4.30. The Kier molecular flexibility index (Phi) is 6.36. The van der Waals surface area contributed by atoms with Crippen LogP contribution in [0.4, 0.5) is 0 Å². The van der Waals surface area contributed by atoms with Gasteiger partial charge in [0.1, 0.15) is 22.8 Å². The van der Waals surface area contributed by atoms with E-state index in [2.05, 4.69) is 4.98 Å². The normalized spacial score (nSPS) is 17.2. The van der Waals surface area contributed by atoms with Gasteiger partial charge in [0.25, 0.3) is 11.7 Å². The fourth-order valence-electron chi connectivity index (χ4n) is 4.30. The van der Waals surface area contributed by atoms with Gasteiger partial charge in [-0.25, -0.2) is 0 Å². The lowest BCUT2D eigenvalue weighted by Crippen LogP contribution is -2.29. The number of carbonyl (C=O) groups is 2. The van der Waals surface area contributed by atoms with E-state index in [0.717, 1.165) is 16.7 Å². The van der Waals surface area contributed by atoms with Crippen LogP contribution in [-0.4, -0.2) is 40.9 Å². The van der Waals surface area contributed by atoms with E-state index in [4.69, 9.17) is 9.47 Å². The summed E-state index contributed by atoms with van der Waals surface area (Å²) < 4.78 is 10.9. The maximum absolute atomic E-state index is 13.3. The van der Waals surface area contributed by atoms with Gasteiger partial charge in [-0.2, -0.15) is 0 Å². The van der Waals surface area contributed by atoms with Gasteiger partial charge in [0, 0.05) is 18.9 Å². The highest BCUT2D eigenvalue weighted by atomic mass is 16.5. The number of aliphatic hydroxyl groups is 1. The minimum Gasteiger partial charge on any atom is -0.506 e. The van der Waals surface area contributed by atoms with Crippen molar-refractivity contribution in [3.63, 3.8) is 0 Å². The fraction of sp³-hybridized carbons (Fsp3) is 0.222. The predicted octanol–water partition coefficient (Wildman–Crippen LogP) is 4.34.